The largest absolute Gasteiger partial charge is 0.332 e. The third-order valence-corrected chi connectivity index (χ3v) is 5.51. The maximum absolute atomic E-state index is 13.1. The Morgan fingerprint density at radius 3 is 2.64 bits per heavy atom. The molecule has 7 nitrogen and oxygen atoms in total. The van der Waals surface area contributed by atoms with Crippen LogP contribution >= 0.6 is 11.3 Å². The molecule has 3 aromatic heterocycles. The average molecular weight is 394 g/mol. The highest BCUT2D eigenvalue weighted by Gasteiger charge is 2.20. The Kier molecular flexibility index (Phi) is 4.79. The second kappa shape index (κ2) is 7.40. The number of benzene rings is 1. The van der Waals surface area contributed by atoms with Crippen molar-refractivity contribution in [1.82, 2.24) is 14.1 Å². The zero-order chi connectivity index (χ0) is 19.7. The molecule has 4 aromatic rings. The number of anilines is 1. The maximum Gasteiger partial charge on any atom is 0.332 e. The van der Waals surface area contributed by atoms with Gasteiger partial charge < -0.3 is 5.32 Å². The van der Waals surface area contributed by atoms with Crippen LogP contribution in [0.2, 0.25) is 0 Å². The van der Waals surface area contributed by atoms with Crippen molar-refractivity contribution >= 4 is 43.4 Å². The molecule has 28 heavy (non-hydrogen) atoms. The molecule has 0 unspecified atom stereocenters. The van der Waals surface area contributed by atoms with Gasteiger partial charge in [-0.1, -0.05) is 25.1 Å². The molecule has 4 rings (SSSR count). The number of carbonyl (C=O) groups excluding carboxylic acids is 1. The Balaban J connectivity index is 1.89. The quantitative estimate of drug-likeness (QED) is 0.564. The van der Waals surface area contributed by atoms with Gasteiger partial charge in [0.15, 0.2) is 0 Å². The van der Waals surface area contributed by atoms with Crippen LogP contribution in [0.1, 0.15) is 13.3 Å². The number of nitrogens with zero attached hydrogens (tertiary/aromatic N) is 3. The molecular formula is C20H18N4O3S. The predicted octanol–water partition coefficient (Wildman–Crippen LogP) is 2.82. The summed E-state index contributed by atoms with van der Waals surface area (Å²) in [5.74, 6) is -0.334. The van der Waals surface area contributed by atoms with Crippen molar-refractivity contribution < 1.29 is 4.79 Å². The maximum atomic E-state index is 13.1. The summed E-state index contributed by atoms with van der Waals surface area (Å²) in [5.41, 5.74) is 0.310. The molecule has 0 atom stereocenters. The zero-order valence-electron chi connectivity index (χ0n) is 15.2. The molecule has 1 N–H and O–H groups in total. The van der Waals surface area contributed by atoms with Gasteiger partial charge >= 0.3 is 5.69 Å². The average Bonchev–Trinajstić information content (AvgIpc) is 3.09. The number of thiophene rings is 1. The van der Waals surface area contributed by atoms with E-state index in [9.17, 15) is 14.4 Å². The predicted molar refractivity (Wildman–Crippen MR) is 111 cm³/mol. The third-order valence-electron chi connectivity index (χ3n) is 4.42. The number of hydrogen-bond acceptors (Lipinski definition) is 5. The topological polar surface area (TPSA) is 86.0 Å². The minimum absolute atomic E-state index is 0.186. The summed E-state index contributed by atoms with van der Waals surface area (Å²) in [6.07, 6.45) is 2.28. The van der Waals surface area contributed by atoms with Crippen LogP contribution in [0.4, 0.5) is 5.69 Å². The van der Waals surface area contributed by atoms with Gasteiger partial charge in [-0.25, -0.2) is 9.78 Å². The van der Waals surface area contributed by atoms with Crippen LogP contribution in [0.5, 0.6) is 0 Å². The van der Waals surface area contributed by atoms with Gasteiger partial charge in [0.1, 0.15) is 16.1 Å². The summed E-state index contributed by atoms with van der Waals surface area (Å²) in [6, 6.07) is 12.6. The highest BCUT2D eigenvalue weighted by Crippen LogP contribution is 2.29. The first-order chi connectivity index (χ1) is 13.6. The number of rotatable bonds is 5. The van der Waals surface area contributed by atoms with E-state index in [2.05, 4.69) is 10.3 Å². The second-order valence-electron chi connectivity index (χ2n) is 6.38. The number of hydrogen-bond donors (Lipinski definition) is 1. The summed E-state index contributed by atoms with van der Waals surface area (Å²) in [7, 11) is 0. The van der Waals surface area contributed by atoms with Gasteiger partial charge in [0.25, 0.3) is 5.56 Å². The highest BCUT2D eigenvalue weighted by atomic mass is 32.1. The van der Waals surface area contributed by atoms with Gasteiger partial charge in [0.2, 0.25) is 5.91 Å². The Bertz CT molecular complexity index is 1290. The summed E-state index contributed by atoms with van der Waals surface area (Å²) in [5, 5.41) is 3.49. The number of para-hydroxylation sites is 1. The van der Waals surface area contributed by atoms with Crippen LogP contribution in [-0.4, -0.2) is 20.0 Å². The van der Waals surface area contributed by atoms with Crippen molar-refractivity contribution in [1.29, 1.82) is 0 Å². The van der Waals surface area contributed by atoms with E-state index in [4.69, 9.17) is 0 Å². The van der Waals surface area contributed by atoms with Crippen molar-refractivity contribution in [3.63, 3.8) is 0 Å². The van der Waals surface area contributed by atoms with E-state index in [1.807, 2.05) is 31.2 Å². The SMILES string of the molecule is CCCn1c(=O)c2sc3ncccc3c2n(CC(=O)Nc2ccccc2)c1=O. The first-order valence-corrected chi connectivity index (χ1v) is 9.77. The lowest BCUT2D eigenvalue weighted by Crippen LogP contribution is -2.41. The molecule has 0 bridgehead atoms. The number of carbonyl (C=O) groups is 1. The molecule has 0 saturated heterocycles. The Morgan fingerprint density at radius 2 is 1.89 bits per heavy atom. The first-order valence-electron chi connectivity index (χ1n) is 8.96. The molecule has 142 valence electrons. The Morgan fingerprint density at radius 1 is 1.11 bits per heavy atom. The van der Waals surface area contributed by atoms with Crippen molar-refractivity contribution in [3.8, 4) is 0 Å². The van der Waals surface area contributed by atoms with Crippen molar-refractivity contribution in [2.24, 2.45) is 0 Å². The van der Waals surface area contributed by atoms with Crippen LogP contribution in [0, 0.1) is 0 Å². The van der Waals surface area contributed by atoms with Crippen LogP contribution < -0.4 is 16.6 Å². The Labute approximate surface area is 163 Å². The monoisotopic (exact) mass is 394 g/mol. The van der Waals surface area contributed by atoms with Gasteiger partial charge in [-0.15, -0.1) is 11.3 Å². The van der Waals surface area contributed by atoms with E-state index in [1.54, 1.807) is 24.4 Å². The molecule has 0 radical (unpaired) electrons. The second-order valence-corrected chi connectivity index (χ2v) is 7.37. The number of aromatic nitrogens is 3. The summed E-state index contributed by atoms with van der Waals surface area (Å²) in [4.78, 5) is 43.5. The standard InChI is InChI=1S/C20H18N4O3S/c1-2-11-23-19(26)17-16(14-9-6-10-21-18(14)28-17)24(20(23)27)12-15(25)22-13-7-4-3-5-8-13/h3-10H,2,11-12H2,1H3,(H,22,25). The highest BCUT2D eigenvalue weighted by molar-refractivity contribution is 7.25. The van der Waals surface area contributed by atoms with E-state index >= 15 is 0 Å². The molecule has 0 aliphatic rings. The Hall–Kier alpha value is -3.26. The fraction of sp³-hybridized carbons (Fsp3) is 0.200. The lowest BCUT2D eigenvalue weighted by molar-refractivity contribution is -0.116. The van der Waals surface area contributed by atoms with Gasteiger partial charge in [-0.2, -0.15) is 0 Å². The summed E-state index contributed by atoms with van der Waals surface area (Å²) in [6.45, 7) is 2.01. The molecule has 1 aromatic carbocycles. The van der Waals surface area contributed by atoms with Crippen molar-refractivity contribution in [2.45, 2.75) is 26.4 Å². The van der Waals surface area contributed by atoms with Crippen LogP contribution in [0.3, 0.4) is 0 Å². The molecule has 0 aliphatic carbocycles. The fourth-order valence-electron chi connectivity index (χ4n) is 3.22. The summed E-state index contributed by atoms with van der Waals surface area (Å²) < 4.78 is 3.02. The third kappa shape index (κ3) is 3.11. The number of fused-ring (bicyclic) bond motifs is 3. The first kappa shape index (κ1) is 18.1. The molecule has 0 spiro atoms. The molecule has 3 heterocycles. The molecule has 0 saturated carbocycles. The molecular weight excluding hydrogens is 376 g/mol. The van der Waals surface area contributed by atoms with Gasteiger partial charge in [0, 0.05) is 23.8 Å². The smallest absolute Gasteiger partial charge is 0.325 e. The lowest BCUT2D eigenvalue weighted by Gasteiger charge is -2.12. The molecule has 8 heteroatoms. The summed E-state index contributed by atoms with van der Waals surface area (Å²) >= 11 is 1.25. The van der Waals surface area contributed by atoms with Crippen molar-refractivity contribution in [3.05, 3.63) is 69.5 Å². The number of amides is 1. The van der Waals surface area contributed by atoms with Gasteiger partial charge in [0.05, 0.1) is 5.52 Å². The van der Waals surface area contributed by atoms with Crippen LogP contribution in [0.15, 0.2) is 58.3 Å². The van der Waals surface area contributed by atoms with E-state index in [-0.39, 0.29) is 18.0 Å². The fourth-order valence-corrected chi connectivity index (χ4v) is 4.31. The van der Waals surface area contributed by atoms with E-state index < -0.39 is 5.69 Å². The number of pyridine rings is 1. The van der Waals surface area contributed by atoms with Gasteiger partial charge in [-0.3, -0.25) is 18.7 Å². The van der Waals surface area contributed by atoms with E-state index in [1.165, 1.54) is 20.5 Å². The zero-order valence-corrected chi connectivity index (χ0v) is 16.0. The normalized spacial score (nSPS) is 11.2. The molecule has 0 aliphatic heterocycles. The lowest BCUT2D eigenvalue weighted by atomic mass is 10.3. The molecule has 0 fully saturated rings. The van der Waals surface area contributed by atoms with Crippen LogP contribution in [0.25, 0.3) is 20.4 Å². The van der Waals surface area contributed by atoms with Gasteiger partial charge in [-0.05, 0) is 30.7 Å². The van der Waals surface area contributed by atoms with Crippen molar-refractivity contribution in [2.75, 3.05) is 5.32 Å². The van der Waals surface area contributed by atoms with E-state index in [0.717, 1.165) is 0 Å². The number of nitrogens with one attached hydrogen (secondary N) is 1. The molecule has 1 amide bonds. The van der Waals surface area contributed by atoms with E-state index in [0.29, 0.717) is 39.1 Å². The minimum Gasteiger partial charge on any atom is -0.325 e. The van der Waals surface area contributed by atoms with Crippen LogP contribution in [-0.2, 0) is 17.9 Å². The minimum atomic E-state index is -0.480.